The Kier molecular flexibility index (Phi) is 11.1. The third-order valence-corrected chi connectivity index (χ3v) is 2.92. The molecule has 0 radical (unpaired) electrons. The molecule has 0 aromatic carbocycles. The van der Waals surface area contributed by atoms with Crippen molar-refractivity contribution in [2.75, 3.05) is 13.1 Å². The number of carboxylic acids is 1. The number of aliphatic hydroxyl groups is 1. The third kappa shape index (κ3) is 11.4. The van der Waals surface area contributed by atoms with Crippen molar-refractivity contribution in [1.29, 1.82) is 0 Å². The summed E-state index contributed by atoms with van der Waals surface area (Å²) in [6.07, 6.45) is 5.49. The number of rotatable bonds is 11. The standard InChI is InChI=1S/C15H26N4O5/c1-2-3-4-5-13(21)18-8-11(20)6-10(16)7-14(22)19-9-12(17)15(23)24/h2-5,10-12,20H,6-9,16-17H2,1H3,(H,18,21)(H,19,22)(H,23,24)/b3-2-,5-4+/t10-,11-,12+/m1/s1. The molecule has 2 amide bonds. The maximum Gasteiger partial charge on any atom is 0.322 e. The second-order valence-electron chi connectivity index (χ2n) is 5.23. The van der Waals surface area contributed by atoms with Crippen LogP contribution in [0.1, 0.15) is 19.8 Å². The minimum Gasteiger partial charge on any atom is -0.480 e. The van der Waals surface area contributed by atoms with Crippen molar-refractivity contribution in [1.82, 2.24) is 10.6 Å². The molecule has 0 saturated carbocycles. The van der Waals surface area contributed by atoms with Gasteiger partial charge in [-0.2, -0.15) is 0 Å². The molecule has 0 aliphatic heterocycles. The molecule has 0 aliphatic rings. The van der Waals surface area contributed by atoms with Crippen LogP contribution in [0.3, 0.4) is 0 Å². The van der Waals surface area contributed by atoms with Crippen LogP contribution in [-0.4, -0.2) is 59.3 Å². The van der Waals surface area contributed by atoms with E-state index in [0.717, 1.165) is 0 Å². The quantitative estimate of drug-likeness (QED) is 0.191. The summed E-state index contributed by atoms with van der Waals surface area (Å²) in [5.41, 5.74) is 11.0. The molecule has 0 fully saturated rings. The molecule has 0 aromatic heterocycles. The van der Waals surface area contributed by atoms with Crippen LogP contribution in [0.25, 0.3) is 0 Å². The van der Waals surface area contributed by atoms with E-state index in [1.807, 2.05) is 6.92 Å². The number of allylic oxidation sites excluding steroid dienone is 3. The number of hydrogen-bond donors (Lipinski definition) is 6. The Hall–Kier alpha value is -2.23. The van der Waals surface area contributed by atoms with Crippen molar-refractivity contribution >= 4 is 17.8 Å². The summed E-state index contributed by atoms with van der Waals surface area (Å²) in [5.74, 6) is -2.01. The second-order valence-corrected chi connectivity index (χ2v) is 5.23. The first-order valence-electron chi connectivity index (χ1n) is 7.52. The van der Waals surface area contributed by atoms with E-state index >= 15 is 0 Å². The lowest BCUT2D eigenvalue weighted by Crippen LogP contribution is -2.44. The molecule has 0 aromatic rings. The van der Waals surface area contributed by atoms with Gasteiger partial charge in [0.2, 0.25) is 11.8 Å². The van der Waals surface area contributed by atoms with Crippen LogP contribution in [-0.2, 0) is 14.4 Å². The lowest BCUT2D eigenvalue weighted by molar-refractivity contribution is -0.138. The van der Waals surface area contributed by atoms with E-state index in [9.17, 15) is 19.5 Å². The van der Waals surface area contributed by atoms with Gasteiger partial charge in [0.05, 0.1) is 6.10 Å². The molecule has 3 atom stereocenters. The number of nitrogens with two attached hydrogens (primary N) is 2. The predicted octanol–water partition coefficient (Wildman–Crippen LogP) is -1.77. The van der Waals surface area contributed by atoms with Crippen molar-refractivity contribution in [2.24, 2.45) is 11.5 Å². The molecule has 0 rings (SSSR count). The number of carboxylic acid groups (broad SMARTS) is 1. The summed E-state index contributed by atoms with van der Waals surface area (Å²) in [6, 6.07) is -1.81. The number of hydrogen-bond acceptors (Lipinski definition) is 6. The molecular formula is C15H26N4O5. The maximum atomic E-state index is 11.6. The van der Waals surface area contributed by atoms with Crippen molar-refractivity contribution in [2.45, 2.75) is 38.0 Å². The Labute approximate surface area is 140 Å². The van der Waals surface area contributed by atoms with Gasteiger partial charge in [-0.1, -0.05) is 18.2 Å². The first-order chi connectivity index (χ1) is 11.3. The highest BCUT2D eigenvalue weighted by Crippen LogP contribution is 2.00. The predicted molar refractivity (Wildman–Crippen MR) is 88.8 cm³/mol. The lowest BCUT2D eigenvalue weighted by atomic mass is 10.1. The van der Waals surface area contributed by atoms with Crippen LogP contribution < -0.4 is 22.1 Å². The zero-order valence-electron chi connectivity index (χ0n) is 13.6. The van der Waals surface area contributed by atoms with Crippen LogP contribution in [0.15, 0.2) is 24.3 Å². The fraction of sp³-hybridized carbons (Fsp3) is 0.533. The summed E-state index contributed by atoms with van der Waals surface area (Å²) < 4.78 is 0. The summed E-state index contributed by atoms with van der Waals surface area (Å²) in [7, 11) is 0. The normalized spacial score (nSPS) is 15.2. The van der Waals surface area contributed by atoms with E-state index < -0.39 is 30.1 Å². The minimum atomic E-state index is -1.21. The van der Waals surface area contributed by atoms with E-state index in [4.69, 9.17) is 16.6 Å². The number of aliphatic hydroxyl groups excluding tert-OH is 1. The van der Waals surface area contributed by atoms with Gasteiger partial charge in [-0.25, -0.2) is 0 Å². The molecule has 24 heavy (non-hydrogen) atoms. The Bertz CT molecular complexity index is 478. The van der Waals surface area contributed by atoms with E-state index in [2.05, 4.69) is 10.6 Å². The molecule has 136 valence electrons. The zero-order valence-corrected chi connectivity index (χ0v) is 13.6. The molecule has 0 heterocycles. The smallest absolute Gasteiger partial charge is 0.322 e. The molecular weight excluding hydrogens is 316 g/mol. The molecule has 0 spiro atoms. The highest BCUT2D eigenvalue weighted by Gasteiger charge is 2.17. The molecule has 0 aliphatic carbocycles. The SMILES string of the molecule is C/C=C\C=C\C(=O)NC[C@H](O)C[C@@H](N)CC(=O)NC[C@H](N)C(=O)O. The molecule has 8 N–H and O–H groups in total. The van der Waals surface area contributed by atoms with Crippen molar-refractivity contribution in [3.05, 3.63) is 24.3 Å². The summed E-state index contributed by atoms with van der Waals surface area (Å²) >= 11 is 0. The van der Waals surface area contributed by atoms with Crippen LogP contribution in [0.4, 0.5) is 0 Å². The topological polar surface area (TPSA) is 168 Å². The van der Waals surface area contributed by atoms with Crippen LogP contribution in [0.2, 0.25) is 0 Å². The van der Waals surface area contributed by atoms with E-state index in [1.54, 1.807) is 18.2 Å². The second kappa shape index (κ2) is 12.2. The Morgan fingerprint density at radius 2 is 1.79 bits per heavy atom. The molecule has 9 nitrogen and oxygen atoms in total. The van der Waals surface area contributed by atoms with Crippen LogP contribution >= 0.6 is 0 Å². The number of nitrogens with one attached hydrogen (secondary N) is 2. The van der Waals surface area contributed by atoms with Gasteiger partial charge < -0.3 is 32.3 Å². The largest absolute Gasteiger partial charge is 0.480 e. The molecule has 0 bridgehead atoms. The van der Waals surface area contributed by atoms with Gasteiger partial charge in [0.15, 0.2) is 0 Å². The fourth-order valence-electron chi connectivity index (χ4n) is 1.67. The number of carbonyl (C=O) groups excluding carboxylic acids is 2. The van der Waals surface area contributed by atoms with Gasteiger partial charge in [-0.15, -0.1) is 0 Å². The Morgan fingerprint density at radius 1 is 1.12 bits per heavy atom. The number of carbonyl (C=O) groups is 3. The monoisotopic (exact) mass is 342 g/mol. The first-order valence-corrected chi connectivity index (χ1v) is 7.52. The third-order valence-electron chi connectivity index (χ3n) is 2.92. The van der Waals surface area contributed by atoms with Gasteiger partial charge in [0.25, 0.3) is 0 Å². The first kappa shape index (κ1) is 21.8. The Balaban J connectivity index is 4.00. The molecule has 9 heteroatoms. The fourth-order valence-corrected chi connectivity index (χ4v) is 1.67. The van der Waals surface area contributed by atoms with Gasteiger partial charge in [0.1, 0.15) is 6.04 Å². The van der Waals surface area contributed by atoms with Crippen molar-refractivity contribution < 1.29 is 24.6 Å². The summed E-state index contributed by atoms with van der Waals surface area (Å²) in [6.45, 7) is 1.63. The number of amides is 2. The summed E-state index contributed by atoms with van der Waals surface area (Å²) in [5, 5.41) is 23.2. The van der Waals surface area contributed by atoms with E-state index in [-0.39, 0.29) is 31.8 Å². The lowest BCUT2D eigenvalue weighted by Gasteiger charge is -2.17. The van der Waals surface area contributed by atoms with Crippen molar-refractivity contribution in [3.63, 3.8) is 0 Å². The minimum absolute atomic E-state index is 0.0121. The molecule has 0 saturated heterocycles. The van der Waals surface area contributed by atoms with E-state index in [0.29, 0.717) is 0 Å². The van der Waals surface area contributed by atoms with Gasteiger partial charge in [0, 0.05) is 31.6 Å². The van der Waals surface area contributed by atoms with Gasteiger partial charge >= 0.3 is 5.97 Å². The highest BCUT2D eigenvalue weighted by atomic mass is 16.4. The zero-order chi connectivity index (χ0) is 18.5. The highest BCUT2D eigenvalue weighted by molar-refractivity contribution is 5.87. The average Bonchev–Trinajstić information content (AvgIpc) is 2.50. The van der Waals surface area contributed by atoms with E-state index in [1.165, 1.54) is 6.08 Å². The van der Waals surface area contributed by atoms with Gasteiger partial charge in [-0.05, 0) is 13.3 Å². The molecule has 0 unspecified atom stereocenters. The summed E-state index contributed by atoms with van der Waals surface area (Å²) in [4.78, 5) is 33.5. The van der Waals surface area contributed by atoms with Gasteiger partial charge in [-0.3, -0.25) is 14.4 Å². The average molecular weight is 342 g/mol. The number of aliphatic carboxylic acids is 1. The maximum absolute atomic E-state index is 11.6. The van der Waals surface area contributed by atoms with Crippen molar-refractivity contribution in [3.8, 4) is 0 Å². The Morgan fingerprint density at radius 3 is 2.38 bits per heavy atom. The van der Waals surface area contributed by atoms with Crippen LogP contribution in [0, 0.1) is 0 Å². The van der Waals surface area contributed by atoms with Crippen LogP contribution in [0.5, 0.6) is 0 Å².